The molecule has 2 aromatic carbocycles. The van der Waals surface area contributed by atoms with Crippen LogP contribution in [-0.2, 0) is 0 Å². The Balaban J connectivity index is 1.75. The molecule has 2 atom stereocenters. The van der Waals surface area contributed by atoms with Crippen molar-refractivity contribution in [2.75, 3.05) is 19.5 Å². The van der Waals surface area contributed by atoms with Gasteiger partial charge in [-0.3, -0.25) is 0 Å². The predicted molar refractivity (Wildman–Crippen MR) is 97.9 cm³/mol. The average molecular weight is 372 g/mol. The van der Waals surface area contributed by atoms with E-state index in [0.29, 0.717) is 11.0 Å². The van der Waals surface area contributed by atoms with E-state index in [1.807, 2.05) is 42.5 Å². The number of nitrogens with zero attached hydrogens (tertiary/aromatic N) is 4. The first-order valence-corrected chi connectivity index (χ1v) is 8.59. The summed E-state index contributed by atoms with van der Waals surface area (Å²) >= 11 is 6.02. The summed E-state index contributed by atoms with van der Waals surface area (Å²) in [6.45, 7) is 0. The van der Waals surface area contributed by atoms with Gasteiger partial charge in [0.05, 0.1) is 26.3 Å². The van der Waals surface area contributed by atoms with E-state index in [1.165, 1.54) is 0 Å². The fraction of sp³-hybridized carbons (Fsp3) is 0.278. The molecular formula is C18H18ClN5O2. The Morgan fingerprint density at radius 2 is 1.92 bits per heavy atom. The van der Waals surface area contributed by atoms with Gasteiger partial charge in [-0.05, 0) is 46.7 Å². The largest absolute Gasteiger partial charge is 0.497 e. The quantitative estimate of drug-likeness (QED) is 0.756. The maximum atomic E-state index is 6.02. The molecule has 0 unspecified atom stereocenters. The first-order chi connectivity index (χ1) is 12.7. The summed E-state index contributed by atoms with van der Waals surface area (Å²) < 4.78 is 12.7. The van der Waals surface area contributed by atoms with E-state index in [9.17, 15) is 0 Å². The van der Waals surface area contributed by atoms with E-state index >= 15 is 0 Å². The second-order valence-electron chi connectivity index (χ2n) is 6.05. The number of aromatic nitrogens is 4. The Morgan fingerprint density at radius 1 is 1.12 bits per heavy atom. The van der Waals surface area contributed by atoms with E-state index in [-0.39, 0.29) is 12.1 Å². The fourth-order valence-corrected chi connectivity index (χ4v) is 3.43. The highest BCUT2D eigenvalue weighted by Crippen LogP contribution is 2.41. The fourth-order valence-electron chi connectivity index (χ4n) is 3.30. The van der Waals surface area contributed by atoms with Crippen molar-refractivity contribution in [1.82, 2.24) is 20.2 Å². The van der Waals surface area contributed by atoms with Gasteiger partial charge in [0.1, 0.15) is 11.5 Å². The Bertz CT molecular complexity index is 912. The molecule has 0 aliphatic carbocycles. The summed E-state index contributed by atoms with van der Waals surface area (Å²) in [5.74, 6) is 2.11. The molecule has 1 aromatic heterocycles. The van der Waals surface area contributed by atoms with Crippen molar-refractivity contribution in [2.24, 2.45) is 0 Å². The lowest BCUT2D eigenvalue weighted by Gasteiger charge is -2.31. The number of nitrogens with one attached hydrogen (secondary N) is 1. The van der Waals surface area contributed by atoms with Crippen LogP contribution in [0.4, 0.5) is 5.95 Å². The van der Waals surface area contributed by atoms with Crippen LogP contribution in [0.25, 0.3) is 0 Å². The van der Waals surface area contributed by atoms with Gasteiger partial charge in [-0.1, -0.05) is 28.8 Å². The molecule has 134 valence electrons. The molecule has 0 amide bonds. The molecule has 0 fully saturated rings. The summed E-state index contributed by atoms with van der Waals surface area (Å²) in [6, 6.07) is 13.6. The van der Waals surface area contributed by atoms with Crippen LogP contribution in [0.3, 0.4) is 0 Å². The topological polar surface area (TPSA) is 74.1 Å². The SMILES string of the molecule is COc1ccc([C@@H]2C[C@H](c3ccc(Cl)cc3)Nc3nnnn32)c(OC)c1. The highest BCUT2D eigenvalue weighted by atomic mass is 35.5. The van der Waals surface area contributed by atoms with Gasteiger partial charge in [-0.25, -0.2) is 4.68 Å². The third kappa shape index (κ3) is 2.94. The standard InChI is InChI=1S/C18H18ClN5O2/c1-25-13-7-8-14(17(9-13)26-2)16-10-15(11-3-5-12(19)6-4-11)20-18-21-22-23-24(16)18/h3-9,15-16H,10H2,1-2H3,(H,20,21,23)/t15-,16+/m1/s1. The zero-order chi connectivity index (χ0) is 18.1. The molecular weight excluding hydrogens is 354 g/mol. The number of rotatable bonds is 4. The number of ether oxygens (including phenoxy) is 2. The van der Waals surface area contributed by atoms with Crippen LogP contribution in [0.2, 0.25) is 5.02 Å². The summed E-state index contributed by atoms with van der Waals surface area (Å²) in [6.07, 6.45) is 0.766. The number of methoxy groups -OCH3 is 2. The summed E-state index contributed by atoms with van der Waals surface area (Å²) in [5.41, 5.74) is 2.13. The van der Waals surface area contributed by atoms with Crippen LogP contribution >= 0.6 is 11.6 Å². The van der Waals surface area contributed by atoms with Crippen LogP contribution < -0.4 is 14.8 Å². The lowest BCUT2D eigenvalue weighted by molar-refractivity contribution is 0.369. The molecule has 4 rings (SSSR count). The number of halogens is 1. The van der Waals surface area contributed by atoms with Gasteiger partial charge >= 0.3 is 0 Å². The molecule has 1 aliphatic rings. The maximum Gasteiger partial charge on any atom is 0.243 e. The smallest absolute Gasteiger partial charge is 0.243 e. The van der Waals surface area contributed by atoms with Crippen LogP contribution in [0.5, 0.6) is 11.5 Å². The van der Waals surface area contributed by atoms with Gasteiger partial charge < -0.3 is 14.8 Å². The zero-order valence-electron chi connectivity index (χ0n) is 14.4. The summed E-state index contributed by atoms with van der Waals surface area (Å²) in [4.78, 5) is 0. The van der Waals surface area contributed by atoms with E-state index in [0.717, 1.165) is 29.0 Å². The Kier molecular flexibility index (Phi) is 4.38. The second kappa shape index (κ2) is 6.84. The molecule has 0 saturated carbocycles. The third-order valence-electron chi connectivity index (χ3n) is 4.62. The molecule has 0 radical (unpaired) electrons. The van der Waals surface area contributed by atoms with Crippen LogP contribution in [0, 0.1) is 0 Å². The number of hydrogen-bond donors (Lipinski definition) is 1. The van der Waals surface area contributed by atoms with Crippen molar-refractivity contribution in [3.05, 3.63) is 58.6 Å². The third-order valence-corrected chi connectivity index (χ3v) is 4.87. The maximum absolute atomic E-state index is 6.02. The molecule has 0 bridgehead atoms. The van der Waals surface area contributed by atoms with Crippen molar-refractivity contribution >= 4 is 17.5 Å². The highest BCUT2D eigenvalue weighted by molar-refractivity contribution is 6.30. The number of hydrogen-bond acceptors (Lipinski definition) is 6. The Morgan fingerprint density at radius 3 is 2.65 bits per heavy atom. The summed E-state index contributed by atoms with van der Waals surface area (Å²) in [7, 11) is 3.28. The minimum atomic E-state index is -0.0669. The molecule has 0 saturated heterocycles. The first-order valence-electron chi connectivity index (χ1n) is 8.21. The normalized spacial score (nSPS) is 18.7. The Hall–Kier alpha value is -2.80. The van der Waals surface area contributed by atoms with Crippen molar-refractivity contribution in [3.8, 4) is 11.5 Å². The van der Waals surface area contributed by atoms with Crippen molar-refractivity contribution < 1.29 is 9.47 Å². The molecule has 26 heavy (non-hydrogen) atoms. The highest BCUT2D eigenvalue weighted by Gasteiger charge is 2.32. The number of tetrazole rings is 1. The average Bonchev–Trinajstić information content (AvgIpc) is 3.16. The van der Waals surface area contributed by atoms with E-state index in [1.54, 1.807) is 18.9 Å². The van der Waals surface area contributed by atoms with E-state index in [2.05, 4.69) is 20.8 Å². The molecule has 0 spiro atoms. The molecule has 2 heterocycles. The number of anilines is 1. The predicted octanol–water partition coefficient (Wildman–Crippen LogP) is 3.49. The molecule has 8 heteroatoms. The number of fused-ring (bicyclic) bond motifs is 1. The van der Waals surface area contributed by atoms with Gasteiger partial charge in [-0.2, -0.15) is 0 Å². The van der Waals surface area contributed by atoms with Crippen molar-refractivity contribution in [3.63, 3.8) is 0 Å². The van der Waals surface area contributed by atoms with Crippen LogP contribution in [0.15, 0.2) is 42.5 Å². The van der Waals surface area contributed by atoms with Gasteiger partial charge in [-0.15, -0.1) is 0 Å². The van der Waals surface area contributed by atoms with Gasteiger partial charge in [0.2, 0.25) is 5.95 Å². The monoisotopic (exact) mass is 371 g/mol. The lowest BCUT2D eigenvalue weighted by atomic mass is 9.93. The van der Waals surface area contributed by atoms with E-state index < -0.39 is 0 Å². The minimum absolute atomic E-state index is 0.0579. The first kappa shape index (κ1) is 16.7. The molecule has 3 aromatic rings. The molecule has 1 N–H and O–H groups in total. The zero-order valence-corrected chi connectivity index (χ0v) is 15.1. The lowest BCUT2D eigenvalue weighted by Crippen LogP contribution is -2.28. The summed E-state index contributed by atoms with van der Waals surface area (Å²) in [5, 5.41) is 16.2. The van der Waals surface area contributed by atoms with Gasteiger partial charge in [0.15, 0.2) is 0 Å². The Labute approximate surface area is 155 Å². The molecule has 1 aliphatic heterocycles. The van der Waals surface area contributed by atoms with E-state index in [4.69, 9.17) is 21.1 Å². The van der Waals surface area contributed by atoms with Crippen LogP contribution in [-0.4, -0.2) is 34.4 Å². The second-order valence-corrected chi connectivity index (χ2v) is 6.49. The van der Waals surface area contributed by atoms with Crippen molar-refractivity contribution in [2.45, 2.75) is 18.5 Å². The number of benzene rings is 2. The molecule has 7 nitrogen and oxygen atoms in total. The van der Waals surface area contributed by atoms with Gasteiger partial charge in [0.25, 0.3) is 0 Å². The van der Waals surface area contributed by atoms with Crippen LogP contribution in [0.1, 0.15) is 29.6 Å². The van der Waals surface area contributed by atoms with Gasteiger partial charge in [0, 0.05) is 16.7 Å². The minimum Gasteiger partial charge on any atom is -0.497 e. The van der Waals surface area contributed by atoms with Crippen molar-refractivity contribution in [1.29, 1.82) is 0 Å².